The molecule has 0 unspecified atom stereocenters. The molecule has 0 bridgehead atoms. The van der Waals surface area contributed by atoms with Gasteiger partial charge >= 0.3 is 0 Å². The number of fused-ring (bicyclic) bond motifs is 1. The molecule has 7 heteroatoms. The number of benzene rings is 2. The molecule has 1 amide bonds. The van der Waals surface area contributed by atoms with Crippen LogP contribution in [0.1, 0.15) is 11.1 Å². The van der Waals surface area contributed by atoms with Crippen molar-refractivity contribution in [3.8, 4) is 11.8 Å². The Kier molecular flexibility index (Phi) is 6.70. The number of rotatable bonds is 6. The van der Waals surface area contributed by atoms with Gasteiger partial charge in [0.25, 0.3) is 0 Å². The Labute approximate surface area is 183 Å². The number of allylic oxidation sites excluding steroid dienone is 1. The molecule has 152 valence electrons. The number of nitrogens with one attached hydrogen (secondary N) is 1. The molecule has 0 fully saturated rings. The molecule has 0 aliphatic rings. The number of hydrogen-bond donors (Lipinski definition) is 1. The molecule has 0 saturated carbocycles. The fourth-order valence-corrected chi connectivity index (χ4v) is 3.38. The zero-order valence-electron chi connectivity index (χ0n) is 16.9. The number of nitrogens with zero attached hydrogens (tertiary/aromatic N) is 3. The second kappa shape index (κ2) is 9.42. The SMILES string of the molecule is COc1cc2ncc(C#N)c(Nc3cccc(Br)c3)c2cc1C/C=C/C(=O)N(C)C. The number of methoxy groups -OCH3 is 1. The monoisotopic (exact) mass is 464 g/mol. The molecule has 0 saturated heterocycles. The molecule has 0 radical (unpaired) electrons. The van der Waals surface area contributed by atoms with Gasteiger partial charge in [-0.1, -0.05) is 28.1 Å². The highest BCUT2D eigenvalue weighted by Crippen LogP contribution is 2.34. The van der Waals surface area contributed by atoms with E-state index in [1.54, 1.807) is 33.5 Å². The maximum Gasteiger partial charge on any atom is 0.245 e. The number of nitriles is 1. The maximum absolute atomic E-state index is 11.8. The van der Waals surface area contributed by atoms with E-state index in [1.165, 1.54) is 11.0 Å². The van der Waals surface area contributed by atoms with E-state index in [9.17, 15) is 10.1 Å². The second-order valence-electron chi connectivity index (χ2n) is 6.81. The summed E-state index contributed by atoms with van der Waals surface area (Å²) >= 11 is 3.47. The van der Waals surface area contributed by atoms with Gasteiger partial charge in [0.05, 0.1) is 23.9 Å². The maximum atomic E-state index is 11.8. The summed E-state index contributed by atoms with van der Waals surface area (Å²) in [5.41, 5.74) is 3.57. The van der Waals surface area contributed by atoms with Crippen LogP contribution < -0.4 is 10.1 Å². The van der Waals surface area contributed by atoms with Crippen LogP contribution in [0.4, 0.5) is 11.4 Å². The molecule has 6 nitrogen and oxygen atoms in total. The lowest BCUT2D eigenvalue weighted by molar-refractivity contribution is -0.123. The van der Waals surface area contributed by atoms with Gasteiger partial charge < -0.3 is 15.0 Å². The summed E-state index contributed by atoms with van der Waals surface area (Å²) in [7, 11) is 5.01. The molecule has 1 N–H and O–H groups in total. The van der Waals surface area contributed by atoms with Crippen LogP contribution in [-0.4, -0.2) is 37.0 Å². The van der Waals surface area contributed by atoms with Crippen LogP contribution in [0.15, 0.2) is 59.2 Å². The lowest BCUT2D eigenvalue weighted by Crippen LogP contribution is -2.18. The highest BCUT2D eigenvalue weighted by atomic mass is 79.9. The summed E-state index contributed by atoms with van der Waals surface area (Å²) in [6.45, 7) is 0. The molecule has 3 aromatic rings. The largest absolute Gasteiger partial charge is 0.496 e. The van der Waals surface area contributed by atoms with Crippen molar-refractivity contribution < 1.29 is 9.53 Å². The Bertz CT molecular complexity index is 1170. The molecular weight excluding hydrogens is 444 g/mol. The number of pyridine rings is 1. The number of ether oxygens (including phenoxy) is 1. The first-order valence-electron chi connectivity index (χ1n) is 9.23. The highest BCUT2D eigenvalue weighted by Gasteiger charge is 2.13. The van der Waals surface area contributed by atoms with E-state index in [0.717, 1.165) is 21.1 Å². The van der Waals surface area contributed by atoms with Gasteiger partial charge in [-0.2, -0.15) is 5.26 Å². The van der Waals surface area contributed by atoms with Crippen molar-refractivity contribution in [2.24, 2.45) is 0 Å². The molecule has 30 heavy (non-hydrogen) atoms. The van der Waals surface area contributed by atoms with Gasteiger partial charge in [-0.3, -0.25) is 9.78 Å². The predicted molar refractivity (Wildman–Crippen MR) is 122 cm³/mol. The number of amides is 1. The molecule has 0 atom stereocenters. The normalized spacial score (nSPS) is 10.8. The topological polar surface area (TPSA) is 78.2 Å². The summed E-state index contributed by atoms with van der Waals surface area (Å²) in [5.74, 6) is 0.593. The summed E-state index contributed by atoms with van der Waals surface area (Å²) in [5, 5.41) is 13.8. The van der Waals surface area contributed by atoms with Gasteiger partial charge in [0.2, 0.25) is 5.91 Å². The van der Waals surface area contributed by atoms with E-state index in [-0.39, 0.29) is 5.91 Å². The first-order chi connectivity index (χ1) is 14.4. The number of carbonyl (C=O) groups excluding carboxylic acids is 1. The minimum absolute atomic E-state index is 0.0831. The molecule has 3 rings (SSSR count). The molecule has 2 aromatic carbocycles. The summed E-state index contributed by atoms with van der Waals surface area (Å²) in [4.78, 5) is 17.8. The van der Waals surface area contributed by atoms with E-state index in [0.29, 0.717) is 28.9 Å². The zero-order valence-corrected chi connectivity index (χ0v) is 18.5. The number of anilines is 2. The van der Waals surface area contributed by atoms with Gasteiger partial charge in [-0.05, 0) is 42.3 Å². The van der Waals surface area contributed by atoms with E-state index in [2.05, 4.69) is 32.3 Å². The van der Waals surface area contributed by atoms with Gasteiger partial charge in [0.1, 0.15) is 11.8 Å². The van der Waals surface area contributed by atoms with Gasteiger partial charge in [0.15, 0.2) is 0 Å². The van der Waals surface area contributed by atoms with Crippen LogP contribution >= 0.6 is 15.9 Å². The lowest BCUT2D eigenvalue weighted by atomic mass is 10.0. The third-order valence-corrected chi connectivity index (χ3v) is 5.02. The molecular formula is C23H21BrN4O2. The van der Waals surface area contributed by atoms with Crippen LogP contribution in [0.25, 0.3) is 10.9 Å². The molecule has 1 heterocycles. The number of hydrogen-bond acceptors (Lipinski definition) is 5. The summed E-state index contributed by atoms with van der Waals surface area (Å²) in [6.07, 6.45) is 5.40. The molecule has 0 aliphatic carbocycles. The fourth-order valence-electron chi connectivity index (χ4n) is 2.98. The third kappa shape index (κ3) is 4.78. The van der Waals surface area contributed by atoms with Gasteiger partial charge in [0, 0.05) is 41.9 Å². The Balaban J connectivity index is 2.08. The standard InChI is InChI=1S/C23H21BrN4O2/c1-28(2)22(29)9-4-6-15-10-19-20(12-21(15)30-3)26-14-16(13-25)23(19)27-18-8-5-7-17(24)11-18/h4-5,7-12,14H,6H2,1-3H3,(H,26,27)/b9-4+. The van der Waals surface area contributed by atoms with E-state index >= 15 is 0 Å². The lowest BCUT2D eigenvalue weighted by Gasteiger charge is -2.14. The van der Waals surface area contributed by atoms with E-state index < -0.39 is 0 Å². The number of likely N-dealkylation sites (N-methyl/N-ethyl adjacent to an activating group) is 1. The van der Waals surface area contributed by atoms with E-state index in [4.69, 9.17) is 4.74 Å². The third-order valence-electron chi connectivity index (χ3n) is 4.52. The Morgan fingerprint density at radius 3 is 2.80 bits per heavy atom. The molecule has 0 aliphatic heterocycles. The Hall–Kier alpha value is -3.37. The molecule has 0 spiro atoms. The van der Waals surface area contributed by atoms with Crippen LogP contribution in [-0.2, 0) is 11.2 Å². The number of aromatic nitrogens is 1. The van der Waals surface area contributed by atoms with Gasteiger partial charge in [-0.25, -0.2) is 0 Å². The van der Waals surface area contributed by atoms with Crippen molar-refractivity contribution in [1.29, 1.82) is 5.26 Å². The van der Waals surface area contributed by atoms with Crippen molar-refractivity contribution in [2.75, 3.05) is 26.5 Å². The predicted octanol–water partition coefficient (Wildman–Crippen LogP) is 4.81. The zero-order chi connectivity index (χ0) is 21.7. The number of carbonyl (C=O) groups is 1. The minimum atomic E-state index is -0.0831. The van der Waals surface area contributed by atoms with Crippen LogP contribution in [0, 0.1) is 11.3 Å². The Morgan fingerprint density at radius 1 is 1.33 bits per heavy atom. The van der Waals surface area contributed by atoms with Crippen molar-refractivity contribution in [1.82, 2.24) is 9.88 Å². The van der Waals surface area contributed by atoms with Gasteiger partial charge in [-0.15, -0.1) is 0 Å². The van der Waals surface area contributed by atoms with Crippen LogP contribution in [0.2, 0.25) is 0 Å². The average Bonchev–Trinajstić information content (AvgIpc) is 2.73. The Morgan fingerprint density at radius 2 is 2.13 bits per heavy atom. The fraction of sp³-hybridized carbons (Fsp3) is 0.174. The summed E-state index contributed by atoms with van der Waals surface area (Å²) in [6, 6.07) is 13.7. The second-order valence-corrected chi connectivity index (χ2v) is 7.73. The van der Waals surface area contributed by atoms with Crippen molar-refractivity contribution in [2.45, 2.75) is 6.42 Å². The first kappa shape index (κ1) is 21.3. The number of halogens is 1. The van der Waals surface area contributed by atoms with Crippen LogP contribution in [0.5, 0.6) is 5.75 Å². The van der Waals surface area contributed by atoms with Crippen LogP contribution in [0.3, 0.4) is 0 Å². The quantitative estimate of drug-likeness (QED) is 0.529. The smallest absolute Gasteiger partial charge is 0.245 e. The van der Waals surface area contributed by atoms with Crippen molar-refractivity contribution >= 4 is 44.1 Å². The molecule has 1 aromatic heterocycles. The minimum Gasteiger partial charge on any atom is -0.496 e. The van der Waals surface area contributed by atoms with Crippen molar-refractivity contribution in [3.63, 3.8) is 0 Å². The van der Waals surface area contributed by atoms with E-state index in [1.807, 2.05) is 36.4 Å². The average molecular weight is 465 g/mol. The van der Waals surface area contributed by atoms with Crippen molar-refractivity contribution in [3.05, 3.63) is 70.3 Å². The highest BCUT2D eigenvalue weighted by molar-refractivity contribution is 9.10. The summed E-state index contributed by atoms with van der Waals surface area (Å²) < 4.78 is 6.46. The first-order valence-corrected chi connectivity index (χ1v) is 10.0.